The molecule has 0 spiro atoms. The summed E-state index contributed by atoms with van der Waals surface area (Å²) in [4.78, 5) is 18.5. The third-order valence-electron chi connectivity index (χ3n) is 1.75. The van der Waals surface area contributed by atoms with Gasteiger partial charge in [-0.15, -0.1) is 0 Å². The van der Waals surface area contributed by atoms with E-state index < -0.39 is 5.97 Å². The fourth-order valence-electron chi connectivity index (χ4n) is 0.998. The Kier molecular flexibility index (Phi) is 2.64. The van der Waals surface area contributed by atoms with Crippen molar-refractivity contribution in [2.24, 2.45) is 0 Å². The van der Waals surface area contributed by atoms with Crippen LogP contribution in [0.5, 0.6) is 0 Å². The second kappa shape index (κ2) is 3.93. The van der Waals surface area contributed by atoms with Crippen LogP contribution < -0.4 is 0 Å². The maximum absolute atomic E-state index is 10.8. The fraction of sp³-hybridized carbons (Fsp3) is 0.375. The molecule has 2 heterocycles. The Balaban J connectivity index is 2.17. The van der Waals surface area contributed by atoms with Crippen LogP contribution in [0.3, 0.4) is 0 Å². The molecule has 0 aliphatic carbocycles. The number of carbonyl (C=O) groups is 1. The standard InChI is InChI=1S/C8H8N2O3S/c11-8(12)6-7(10-2-1-9-6)14-5-3-13-4-5/h1-2,5H,3-4H2,(H,11,12). The summed E-state index contributed by atoms with van der Waals surface area (Å²) in [6, 6.07) is 0. The molecule has 1 aromatic rings. The van der Waals surface area contributed by atoms with E-state index >= 15 is 0 Å². The molecule has 0 atom stereocenters. The van der Waals surface area contributed by atoms with Crippen molar-refractivity contribution in [1.29, 1.82) is 0 Å². The van der Waals surface area contributed by atoms with Crippen LogP contribution in [0.1, 0.15) is 10.5 Å². The van der Waals surface area contributed by atoms with Crippen LogP contribution in [0.25, 0.3) is 0 Å². The minimum absolute atomic E-state index is 0.0180. The lowest BCUT2D eigenvalue weighted by Crippen LogP contribution is -2.30. The molecular formula is C8H8N2O3S. The lowest BCUT2D eigenvalue weighted by atomic mass is 10.4. The molecule has 5 nitrogen and oxygen atoms in total. The number of carboxylic acid groups (broad SMARTS) is 1. The molecule has 74 valence electrons. The van der Waals surface area contributed by atoms with Gasteiger partial charge in [0.05, 0.1) is 18.5 Å². The van der Waals surface area contributed by atoms with Gasteiger partial charge in [-0.2, -0.15) is 0 Å². The molecule has 0 amide bonds. The third kappa shape index (κ3) is 1.85. The topological polar surface area (TPSA) is 72.3 Å². The summed E-state index contributed by atoms with van der Waals surface area (Å²) in [5.74, 6) is -1.04. The number of hydrogen-bond acceptors (Lipinski definition) is 5. The average Bonchev–Trinajstić information content (AvgIpc) is 2.12. The Morgan fingerprint density at radius 1 is 1.50 bits per heavy atom. The number of thioether (sulfide) groups is 1. The van der Waals surface area contributed by atoms with Crippen LogP contribution in [0, 0.1) is 0 Å². The first-order valence-corrected chi connectivity index (χ1v) is 4.94. The Morgan fingerprint density at radius 2 is 2.21 bits per heavy atom. The molecule has 0 radical (unpaired) electrons. The molecule has 1 saturated heterocycles. The van der Waals surface area contributed by atoms with E-state index in [0.29, 0.717) is 23.5 Å². The normalized spacial score (nSPS) is 16.3. The van der Waals surface area contributed by atoms with Gasteiger partial charge in [-0.25, -0.2) is 14.8 Å². The van der Waals surface area contributed by atoms with Crippen molar-refractivity contribution in [2.75, 3.05) is 13.2 Å². The van der Waals surface area contributed by atoms with Crippen LogP contribution in [0.4, 0.5) is 0 Å². The number of hydrogen-bond donors (Lipinski definition) is 1. The first-order valence-electron chi connectivity index (χ1n) is 4.06. The Bertz CT molecular complexity index is 354. The molecule has 0 unspecified atom stereocenters. The van der Waals surface area contributed by atoms with Gasteiger partial charge < -0.3 is 9.84 Å². The van der Waals surface area contributed by atoms with Crippen molar-refractivity contribution in [3.05, 3.63) is 18.1 Å². The van der Waals surface area contributed by atoms with E-state index in [1.165, 1.54) is 24.2 Å². The van der Waals surface area contributed by atoms with Crippen LogP contribution >= 0.6 is 11.8 Å². The highest BCUT2D eigenvalue weighted by Crippen LogP contribution is 2.27. The molecule has 1 aliphatic heterocycles. The molecule has 2 rings (SSSR count). The molecular weight excluding hydrogens is 204 g/mol. The van der Waals surface area contributed by atoms with Crippen molar-refractivity contribution >= 4 is 17.7 Å². The maximum atomic E-state index is 10.8. The molecule has 0 saturated carbocycles. The lowest BCUT2D eigenvalue weighted by molar-refractivity contribution is 0.0454. The quantitative estimate of drug-likeness (QED) is 0.793. The molecule has 1 fully saturated rings. The van der Waals surface area contributed by atoms with Gasteiger partial charge in [0.15, 0.2) is 5.69 Å². The van der Waals surface area contributed by atoms with Crippen molar-refractivity contribution in [3.63, 3.8) is 0 Å². The maximum Gasteiger partial charge on any atom is 0.357 e. The van der Waals surface area contributed by atoms with Crippen LogP contribution in [-0.2, 0) is 4.74 Å². The number of aromatic carboxylic acids is 1. The summed E-state index contributed by atoms with van der Waals surface area (Å²) in [6.07, 6.45) is 2.87. The fourth-order valence-corrected chi connectivity index (χ4v) is 2.02. The Morgan fingerprint density at radius 3 is 2.79 bits per heavy atom. The molecule has 6 heteroatoms. The summed E-state index contributed by atoms with van der Waals surface area (Å²) < 4.78 is 4.99. The van der Waals surface area contributed by atoms with E-state index in [0.717, 1.165) is 0 Å². The second-order valence-corrected chi connectivity index (χ2v) is 4.08. The molecule has 14 heavy (non-hydrogen) atoms. The predicted molar refractivity (Wildman–Crippen MR) is 49.5 cm³/mol. The smallest absolute Gasteiger partial charge is 0.357 e. The summed E-state index contributed by atoms with van der Waals surface area (Å²) in [6.45, 7) is 1.31. The zero-order valence-corrected chi connectivity index (χ0v) is 8.03. The second-order valence-electron chi connectivity index (χ2n) is 2.79. The summed E-state index contributed by atoms with van der Waals surface area (Å²) in [5.41, 5.74) is 0.0180. The lowest BCUT2D eigenvalue weighted by Gasteiger charge is -2.24. The highest BCUT2D eigenvalue weighted by molar-refractivity contribution is 8.00. The highest BCUT2D eigenvalue weighted by atomic mass is 32.2. The van der Waals surface area contributed by atoms with Crippen molar-refractivity contribution in [2.45, 2.75) is 10.3 Å². The average molecular weight is 212 g/mol. The third-order valence-corrected chi connectivity index (χ3v) is 2.88. The minimum atomic E-state index is -1.04. The van der Waals surface area contributed by atoms with E-state index in [4.69, 9.17) is 9.84 Å². The first kappa shape index (κ1) is 9.42. The van der Waals surface area contributed by atoms with Crippen molar-refractivity contribution in [1.82, 2.24) is 9.97 Å². The Hall–Kier alpha value is -1.14. The number of ether oxygens (including phenoxy) is 1. The number of aromatic nitrogens is 2. The SMILES string of the molecule is O=C(O)c1nccnc1SC1COC1. The molecule has 1 aliphatic rings. The van der Waals surface area contributed by atoms with E-state index in [1.807, 2.05) is 0 Å². The predicted octanol–water partition coefficient (Wildman–Crippen LogP) is 0.666. The summed E-state index contributed by atoms with van der Waals surface area (Å²) >= 11 is 1.41. The summed E-state index contributed by atoms with van der Waals surface area (Å²) in [7, 11) is 0. The zero-order chi connectivity index (χ0) is 9.97. The van der Waals surface area contributed by atoms with Crippen molar-refractivity contribution in [3.8, 4) is 0 Å². The number of rotatable bonds is 3. The number of nitrogens with zero attached hydrogens (tertiary/aromatic N) is 2. The van der Waals surface area contributed by atoms with Crippen LogP contribution in [0.2, 0.25) is 0 Å². The van der Waals surface area contributed by atoms with Gasteiger partial charge in [0.2, 0.25) is 0 Å². The molecule has 1 N–H and O–H groups in total. The monoisotopic (exact) mass is 212 g/mol. The van der Waals surface area contributed by atoms with E-state index in [-0.39, 0.29) is 5.69 Å². The van der Waals surface area contributed by atoms with Gasteiger partial charge in [0.1, 0.15) is 5.03 Å². The summed E-state index contributed by atoms with van der Waals surface area (Å²) in [5, 5.41) is 9.60. The zero-order valence-electron chi connectivity index (χ0n) is 7.21. The highest BCUT2D eigenvalue weighted by Gasteiger charge is 2.23. The van der Waals surface area contributed by atoms with Crippen LogP contribution in [-0.4, -0.2) is 39.5 Å². The first-order chi connectivity index (χ1) is 6.77. The molecule has 0 bridgehead atoms. The Labute approximate surface area is 84.5 Å². The molecule has 1 aromatic heterocycles. The van der Waals surface area contributed by atoms with Gasteiger partial charge in [-0.05, 0) is 0 Å². The van der Waals surface area contributed by atoms with Gasteiger partial charge >= 0.3 is 5.97 Å². The van der Waals surface area contributed by atoms with E-state index in [9.17, 15) is 4.79 Å². The van der Waals surface area contributed by atoms with Gasteiger partial charge in [0, 0.05) is 12.4 Å². The van der Waals surface area contributed by atoms with Gasteiger partial charge in [-0.3, -0.25) is 0 Å². The van der Waals surface area contributed by atoms with Gasteiger partial charge in [-0.1, -0.05) is 11.8 Å². The molecule has 0 aromatic carbocycles. The van der Waals surface area contributed by atoms with E-state index in [2.05, 4.69) is 9.97 Å². The number of carboxylic acids is 1. The minimum Gasteiger partial charge on any atom is -0.476 e. The van der Waals surface area contributed by atoms with E-state index in [1.54, 1.807) is 0 Å². The van der Waals surface area contributed by atoms with Crippen molar-refractivity contribution < 1.29 is 14.6 Å². The van der Waals surface area contributed by atoms with Gasteiger partial charge in [0.25, 0.3) is 0 Å². The van der Waals surface area contributed by atoms with Crippen LogP contribution in [0.15, 0.2) is 17.4 Å². The largest absolute Gasteiger partial charge is 0.476 e.